The molecule has 0 fully saturated rings. The number of carbonyl (C=O) groups is 2. The van der Waals surface area contributed by atoms with E-state index < -0.39 is 18.2 Å². The molecule has 0 aliphatic carbocycles. The predicted octanol–water partition coefficient (Wildman–Crippen LogP) is 13.8. The van der Waals surface area contributed by atoms with E-state index in [4.69, 9.17) is 4.74 Å². The third-order valence-corrected chi connectivity index (χ3v) is 11.1. The Balaban J connectivity index is 4.56. The molecule has 0 aliphatic heterocycles. The molecule has 0 bridgehead atoms. The summed E-state index contributed by atoms with van der Waals surface area (Å²) < 4.78 is 5.91. The Kier molecular flexibility index (Phi) is 41.6. The van der Waals surface area contributed by atoms with Crippen molar-refractivity contribution in [2.45, 2.75) is 277 Å². The topological polar surface area (TPSA) is 95.9 Å². The first kappa shape index (κ1) is 52.6. The molecular weight excluding hydrogens is 671 g/mol. The summed E-state index contributed by atoms with van der Waals surface area (Å²) in [5.74, 6) is -0.472. The van der Waals surface area contributed by atoms with E-state index in [1.807, 2.05) is 0 Å². The third kappa shape index (κ3) is 37.5. The fraction of sp³-hybridized carbons (Fsp3) is 0.917. The molecule has 6 nitrogen and oxygen atoms in total. The molecule has 3 unspecified atom stereocenters. The molecule has 0 saturated carbocycles. The largest absolute Gasteiger partial charge is 0.462 e. The Morgan fingerprint density at radius 1 is 0.519 bits per heavy atom. The highest BCUT2D eigenvalue weighted by molar-refractivity contribution is 5.77. The van der Waals surface area contributed by atoms with Crippen molar-refractivity contribution >= 4 is 11.9 Å². The Morgan fingerprint density at radius 2 is 0.889 bits per heavy atom. The molecule has 54 heavy (non-hydrogen) atoms. The lowest BCUT2D eigenvalue weighted by atomic mass is 10.0. The van der Waals surface area contributed by atoms with Gasteiger partial charge in [-0.2, -0.15) is 0 Å². The van der Waals surface area contributed by atoms with Crippen molar-refractivity contribution in [1.82, 2.24) is 5.32 Å². The van der Waals surface area contributed by atoms with Crippen molar-refractivity contribution in [2.24, 2.45) is 0 Å². The molecular formula is C48H93NO5. The van der Waals surface area contributed by atoms with Gasteiger partial charge in [-0.25, -0.2) is 0 Å². The smallest absolute Gasteiger partial charge is 0.306 e. The predicted molar refractivity (Wildman–Crippen MR) is 232 cm³/mol. The van der Waals surface area contributed by atoms with Crippen LogP contribution in [0.4, 0.5) is 0 Å². The highest BCUT2D eigenvalue weighted by Crippen LogP contribution is 2.18. The van der Waals surface area contributed by atoms with Crippen molar-refractivity contribution in [1.29, 1.82) is 0 Å². The quantitative estimate of drug-likeness (QED) is 0.0326. The fourth-order valence-corrected chi connectivity index (χ4v) is 7.43. The number of nitrogens with one attached hydrogen (secondary N) is 1. The van der Waals surface area contributed by atoms with Crippen LogP contribution in [0.25, 0.3) is 0 Å². The number of aliphatic hydroxyl groups excluding tert-OH is 2. The van der Waals surface area contributed by atoms with Crippen molar-refractivity contribution < 1.29 is 24.5 Å². The minimum Gasteiger partial charge on any atom is -0.462 e. The molecule has 3 atom stereocenters. The van der Waals surface area contributed by atoms with Crippen molar-refractivity contribution in [3.05, 3.63) is 12.2 Å². The second-order valence-corrected chi connectivity index (χ2v) is 16.5. The van der Waals surface area contributed by atoms with Gasteiger partial charge in [0, 0.05) is 6.42 Å². The van der Waals surface area contributed by atoms with Crippen LogP contribution in [0.3, 0.4) is 0 Å². The number of esters is 1. The molecule has 0 aromatic heterocycles. The first-order chi connectivity index (χ1) is 26.5. The van der Waals surface area contributed by atoms with Crippen LogP contribution in [-0.2, 0) is 14.3 Å². The molecule has 320 valence electrons. The monoisotopic (exact) mass is 764 g/mol. The number of allylic oxidation sites excluding steroid dienone is 2. The van der Waals surface area contributed by atoms with Gasteiger partial charge >= 0.3 is 5.97 Å². The van der Waals surface area contributed by atoms with E-state index in [0.717, 1.165) is 51.4 Å². The number of rotatable bonds is 43. The molecule has 1 amide bonds. The highest BCUT2D eigenvalue weighted by atomic mass is 16.5. The van der Waals surface area contributed by atoms with Gasteiger partial charge in [0.2, 0.25) is 5.91 Å². The number of hydrogen-bond donors (Lipinski definition) is 3. The minimum absolute atomic E-state index is 0.0808. The average Bonchev–Trinajstić information content (AvgIpc) is 3.16. The van der Waals surface area contributed by atoms with Gasteiger partial charge in [-0.05, 0) is 51.4 Å². The maximum Gasteiger partial charge on any atom is 0.306 e. The zero-order chi connectivity index (χ0) is 39.6. The van der Waals surface area contributed by atoms with E-state index >= 15 is 0 Å². The number of ether oxygens (including phenoxy) is 1. The molecule has 0 heterocycles. The van der Waals surface area contributed by atoms with E-state index in [2.05, 4.69) is 38.2 Å². The number of carbonyl (C=O) groups excluding carboxylic acids is 2. The summed E-state index contributed by atoms with van der Waals surface area (Å²) in [6, 6.07) is -0.694. The Bertz CT molecular complexity index is 817. The van der Waals surface area contributed by atoms with Crippen LogP contribution in [0.5, 0.6) is 0 Å². The number of amides is 1. The van der Waals surface area contributed by atoms with E-state index in [-0.39, 0.29) is 24.9 Å². The second kappa shape index (κ2) is 42.7. The summed E-state index contributed by atoms with van der Waals surface area (Å²) in [7, 11) is 0. The van der Waals surface area contributed by atoms with Gasteiger partial charge in [0.1, 0.15) is 6.10 Å². The molecule has 0 aromatic rings. The maximum atomic E-state index is 13.1. The van der Waals surface area contributed by atoms with Crippen LogP contribution in [0.1, 0.15) is 258 Å². The molecule has 0 rings (SSSR count). The van der Waals surface area contributed by atoms with Crippen LogP contribution in [-0.4, -0.2) is 46.9 Å². The summed E-state index contributed by atoms with van der Waals surface area (Å²) >= 11 is 0. The molecule has 0 aromatic carbocycles. The Hall–Kier alpha value is -1.40. The standard InChI is InChI=1S/C48H93NO5/c1-4-7-10-13-16-19-22-25-27-30-33-36-39-44(54-48(53)41-38-35-32-29-26-23-20-17-14-11-8-5-2)42-47(52)49-45(43-50)46(51)40-37-34-31-28-24-21-18-15-12-9-6-3/h17,20,44-46,50-51H,4-16,18-19,21-43H2,1-3H3,(H,49,52)/b20-17-. The Morgan fingerprint density at radius 3 is 1.35 bits per heavy atom. The first-order valence-corrected chi connectivity index (χ1v) is 23.9. The third-order valence-electron chi connectivity index (χ3n) is 11.1. The highest BCUT2D eigenvalue weighted by Gasteiger charge is 2.24. The van der Waals surface area contributed by atoms with Crippen LogP contribution in [0.2, 0.25) is 0 Å². The van der Waals surface area contributed by atoms with Crippen molar-refractivity contribution in [2.75, 3.05) is 6.61 Å². The van der Waals surface area contributed by atoms with E-state index in [0.29, 0.717) is 19.3 Å². The normalized spacial score (nSPS) is 13.4. The van der Waals surface area contributed by atoms with Gasteiger partial charge in [-0.3, -0.25) is 9.59 Å². The maximum absolute atomic E-state index is 13.1. The van der Waals surface area contributed by atoms with Gasteiger partial charge in [-0.1, -0.05) is 206 Å². The summed E-state index contributed by atoms with van der Waals surface area (Å²) in [5.41, 5.74) is 0. The van der Waals surface area contributed by atoms with Gasteiger partial charge in [0.15, 0.2) is 0 Å². The average molecular weight is 764 g/mol. The van der Waals surface area contributed by atoms with Crippen molar-refractivity contribution in [3.63, 3.8) is 0 Å². The molecule has 0 saturated heterocycles. The SMILES string of the molecule is CCCCC/C=C\CCCCCCCC(=O)OC(CCCCCCCCCCCCCC)CC(=O)NC(CO)C(O)CCCCCCCCCCCCC. The van der Waals surface area contributed by atoms with Gasteiger partial charge in [-0.15, -0.1) is 0 Å². The van der Waals surface area contributed by atoms with Crippen LogP contribution >= 0.6 is 0 Å². The fourth-order valence-electron chi connectivity index (χ4n) is 7.43. The number of aliphatic hydroxyl groups is 2. The molecule has 6 heteroatoms. The van der Waals surface area contributed by atoms with E-state index in [1.165, 1.54) is 161 Å². The van der Waals surface area contributed by atoms with E-state index in [9.17, 15) is 19.8 Å². The molecule has 0 aliphatic rings. The Labute approximate surface area is 336 Å². The summed E-state index contributed by atoms with van der Waals surface area (Å²) in [6.07, 6.45) is 45.5. The van der Waals surface area contributed by atoms with E-state index in [1.54, 1.807) is 0 Å². The molecule has 0 radical (unpaired) electrons. The van der Waals surface area contributed by atoms with Gasteiger partial charge < -0.3 is 20.3 Å². The van der Waals surface area contributed by atoms with Crippen molar-refractivity contribution in [3.8, 4) is 0 Å². The van der Waals surface area contributed by atoms with Crippen LogP contribution in [0, 0.1) is 0 Å². The lowest BCUT2D eigenvalue weighted by Gasteiger charge is -2.24. The summed E-state index contributed by atoms with van der Waals surface area (Å²) in [4.78, 5) is 26.0. The molecule has 3 N–H and O–H groups in total. The number of hydrogen-bond acceptors (Lipinski definition) is 5. The zero-order valence-corrected chi connectivity index (χ0v) is 36.4. The van der Waals surface area contributed by atoms with Crippen LogP contribution in [0.15, 0.2) is 12.2 Å². The van der Waals surface area contributed by atoms with Gasteiger partial charge in [0.05, 0.1) is 25.2 Å². The minimum atomic E-state index is -0.781. The molecule has 0 spiro atoms. The second-order valence-electron chi connectivity index (χ2n) is 16.5. The number of unbranched alkanes of at least 4 members (excludes halogenated alkanes) is 29. The van der Waals surface area contributed by atoms with Crippen LogP contribution < -0.4 is 5.32 Å². The summed E-state index contributed by atoms with van der Waals surface area (Å²) in [5, 5.41) is 23.7. The van der Waals surface area contributed by atoms with Gasteiger partial charge in [0.25, 0.3) is 0 Å². The summed E-state index contributed by atoms with van der Waals surface area (Å²) in [6.45, 7) is 6.45. The lowest BCUT2D eigenvalue weighted by molar-refractivity contribution is -0.151. The first-order valence-electron chi connectivity index (χ1n) is 23.9. The zero-order valence-electron chi connectivity index (χ0n) is 36.4. The lowest BCUT2D eigenvalue weighted by Crippen LogP contribution is -2.46.